The van der Waals surface area contributed by atoms with Crippen LogP contribution in [0.1, 0.15) is 25.7 Å². The monoisotopic (exact) mass is 270 g/mol. The van der Waals surface area contributed by atoms with Crippen molar-refractivity contribution in [1.29, 1.82) is 0 Å². The van der Waals surface area contributed by atoms with Gasteiger partial charge in [-0.1, -0.05) is 23.2 Å². The highest BCUT2D eigenvalue weighted by Gasteiger charge is 2.39. The highest BCUT2D eigenvalue weighted by molar-refractivity contribution is 6.35. The first-order valence-electron chi connectivity index (χ1n) is 6.13. The van der Waals surface area contributed by atoms with Crippen LogP contribution in [0.4, 0.5) is 5.69 Å². The second-order valence-electron chi connectivity index (χ2n) is 5.15. The van der Waals surface area contributed by atoms with Gasteiger partial charge < -0.3 is 10.6 Å². The Labute approximate surface area is 112 Å². The van der Waals surface area contributed by atoms with Crippen LogP contribution >= 0.6 is 23.2 Å². The van der Waals surface area contributed by atoms with Crippen LogP contribution in [-0.4, -0.2) is 18.1 Å². The van der Waals surface area contributed by atoms with Gasteiger partial charge in [0.15, 0.2) is 0 Å². The molecule has 1 aromatic carbocycles. The maximum atomic E-state index is 6.08. The quantitative estimate of drug-likeness (QED) is 0.847. The van der Waals surface area contributed by atoms with E-state index in [0.717, 1.165) is 18.5 Å². The van der Waals surface area contributed by atoms with Gasteiger partial charge in [0.2, 0.25) is 0 Å². The number of anilines is 1. The number of hydrogen-bond acceptors (Lipinski definition) is 2. The number of halogens is 2. The van der Waals surface area contributed by atoms with Crippen molar-refractivity contribution in [3.8, 4) is 0 Å². The maximum Gasteiger partial charge on any atom is 0.0441 e. The Hall–Kier alpha value is -0.440. The molecule has 2 nitrogen and oxygen atoms in total. The topological polar surface area (TPSA) is 29.3 Å². The average Bonchev–Trinajstić information content (AvgIpc) is 2.50. The van der Waals surface area contributed by atoms with Gasteiger partial charge in [0.25, 0.3) is 0 Å². The molecule has 2 saturated heterocycles. The Morgan fingerprint density at radius 1 is 1.00 bits per heavy atom. The molecule has 0 aromatic heterocycles. The molecular weight excluding hydrogens is 255 g/mol. The summed E-state index contributed by atoms with van der Waals surface area (Å²) >= 11 is 12.2. The molecule has 1 aromatic rings. The van der Waals surface area contributed by atoms with E-state index in [4.69, 9.17) is 28.9 Å². The molecule has 2 aliphatic heterocycles. The van der Waals surface area contributed by atoms with Crippen LogP contribution in [0.25, 0.3) is 0 Å². The minimum absolute atomic E-state index is 0.360. The smallest absolute Gasteiger partial charge is 0.0441 e. The predicted octanol–water partition coefficient (Wildman–Crippen LogP) is 3.45. The lowest BCUT2D eigenvalue weighted by atomic mass is 9.97. The zero-order valence-electron chi connectivity index (χ0n) is 9.57. The van der Waals surface area contributed by atoms with E-state index in [1.54, 1.807) is 6.07 Å². The molecule has 2 N–H and O–H groups in total. The third kappa shape index (κ3) is 2.14. The molecule has 0 radical (unpaired) electrons. The molecule has 2 atom stereocenters. The number of fused-ring (bicyclic) bond motifs is 2. The van der Waals surface area contributed by atoms with Gasteiger partial charge in [-0.3, -0.25) is 0 Å². The number of benzene rings is 1. The van der Waals surface area contributed by atoms with E-state index in [-0.39, 0.29) is 0 Å². The molecule has 0 saturated carbocycles. The number of rotatable bonds is 1. The first kappa shape index (κ1) is 11.6. The van der Waals surface area contributed by atoms with Crippen molar-refractivity contribution in [3.63, 3.8) is 0 Å². The summed E-state index contributed by atoms with van der Waals surface area (Å²) in [5.74, 6) is 0. The van der Waals surface area contributed by atoms with Crippen molar-refractivity contribution in [2.75, 3.05) is 4.90 Å². The van der Waals surface area contributed by atoms with Crippen LogP contribution in [-0.2, 0) is 0 Å². The molecule has 17 heavy (non-hydrogen) atoms. The fourth-order valence-electron chi connectivity index (χ4n) is 3.33. The van der Waals surface area contributed by atoms with Crippen LogP contribution in [0.3, 0.4) is 0 Å². The van der Waals surface area contributed by atoms with Crippen molar-refractivity contribution in [2.24, 2.45) is 5.73 Å². The molecule has 0 spiro atoms. The summed E-state index contributed by atoms with van der Waals surface area (Å²) in [4.78, 5) is 2.47. The van der Waals surface area contributed by atoms with Crippen molar-refractivity contribution in [3.05, 3.63) is 28.2 Å². The van der Waals surface area contributed by atoms with E-state index in [9.17, 15) is 0 Å². The van der Waals surface area contributed by atoms with Crippen molar-refractivity contribution < 1.29 is 0 Å². The van der Waals surface area contributed by atoms with Gasteiger partial charge >= 0.3 is 0 Å². The van der Waals surface area contributed by atoms with Gasteiger partial charge in [-0.2, -0.15) is 0 Å². The molecule has 0 aliphatic carbocycles. The Morgan fingerprint density at radius 2 is 1.53 bits per heavy atom. The molecule has 2 aliphatic rings. The molecule has 3 rings (SSSR count). The van der Waals surface area contributed by atoms with Crippen molar-refractivity contribution in [1.82, 2.24) is 0 Å². The van der Waals surface area contributed by atoms with E-state index in [0.29, 0.717) is 28.2 Å². The van der Waals surface area contributed by atoms with Crippen LogP contribution in [0.2, 0.25) is 10.0 Å². The zero-order valence-corrected chi connectivity index (χ0v) is 11.1. The highest BCUT2D eigenvalue weighted by Crippen LogP contribution is 2.40. The van der Waals surface area contributed by atoms with Crippen LogP contribution in [0.5, 0.6) is 0 Å². The highest BCUT2D eigenvalue weighted by atomic mass is 35.5. The van der Waals surface area contributed by atoms with Gasteiger partial charge in [0.05, 0.1) is 0 Å². The molecule has 2 bridgehead atoms. The van der Waals surface area contributed by atoms with Gasteiger partial charge in [-0.05, 0) is 43.9 Å². The second-order valence-corrected chi connectivity index (χ2v) is 6.02. The van der Waals surface area contributed by atoms with Crippen LogP contribution in [0, 0.1) is 0 Å². The molecular formula is C13H16Cl2N2. The van der Waals surface area contributed by atoms with Crippen molar-refractivity contribution >= 4 is 28.9 Å². The summed E-state index contributed by atoms with van der Waals surface area (Å²) in [6.45, 7) is 0. The summed E-state index contributed by atoms with van der Waals surface area (Å²) in [5, 5.41) is 1.42. The second kappa shape index (κ2) is 4.34. The van der Waals surface area contributed by atoms with E-state index in [1.807, 2.05) is 12.1 Å². The third-order valence-corrected chi connectivity index (χ3v) is 4.35. The largest absolute Gasteiger partial charge is 0.365 e. The summed E-state index contributed by atoms with van der Waals surface area (Å²) in [5.41, 5.74) is 7.23. The third-order valence-electron chi connectivity index (χ3n) is 3.92. The van der Waals surface area contributed by atoms with E-state index in [2.05, 4.69) is 4.90 Å². The minimum atomic E-state index is 0.360. The predicted molar refractivity (Wildman–Crippen MR) is 73.0 cm³/mol. The SMILES string of the molecule is NC1CC2CCC(C1)N2c1cc(Cl)cc(Cl)c1. The van der Waals surface area contributed by atoms with Gasteiger partial charge in [-0.15, -0.1) is 0 Å². The fourth-order valence-corrected chi connectivity index (χ4v) is 3.84. The van der Waals surface area contributed by atoms with Crippen molar-refractivity contribution in [2.45, 2.75) is 43.8 Å². The first-order chi connectivity index (χ1) is 8.13. The molecule has 2 unspecified atom stereocenters. The molecule has 2 heterocycles. The number of hydrogen-bond donors (Lipinski definition) is 1. The fraction of sp³-hybridized carbons (Fsp3) is 0.538. The van der Waals surface area contributed by atoms with Gasteiger partial charge in [-0.25, -0.2) is 0 Å². The standard InChI is InChI=1S/C13H16Cl2N2/c14-8-3-9(15)5-13(4-8)17-11-1-2-12(17)7-10(16)6-11/h3-5,10-12H,1-2,6-7,16H2. The summed E-state index contributed by atoms with van der Waals surface area (Å²) in [7, 11) is 0. The molecule has 2 fully saturated rings. The Morgan fingerprint density at radius 3 is 2.06 bits per heavy atom. The van der Waals surface area contributed by atoms with E-state index < -0.39 is 0 Å². The van der Waals surface area contributed by atoms with Crippen LogP contribution < -0.4 is 10.6 Å². The molecule has 0 amide bonds. The van der Waals surface area contributed by atoms with E-state index in [1.165, 1.54) is 12.8 Å². The van der Waals surface area contributed by atoms with Gasteiger partial charge in [0.1, 0.15) is 0 Å². The lowest BCUT2D eigenvalue weighted by molar-refractivity contribution is 0.414. The maximum absolute atomic E-state index is 6.08. The zero-order chi connectivity index (χ0) is 12.0. The van der Waals surface area contributed by atoms with E-state index >= 15 is 0 Å². The normalized spacial score (nSPS) is 31.9. The first-order valence-corrected chi connectivity index (χ1v) is 6.89. The molecule has 4 heteroatoms. The summed E-state index contributed by atoms with van der Waals surface area (Å²) in [6.07, 6.45) is 4.65. The van der Waals surface area contributed by atoms with Gasteiger partial charge in [0, 0.05) is 33.9 Å². The number of nitrogens with two attached hydrogens (primary N) is 1. The summed E-state index contributed by atoms with van der Waals surface area (Å²) in [6, 6.07) is 7.30. The lowest BCUT2D eigenvalue weighted by Gasteiger charge is -2.39. The Bertz CT molecular complexity index is 401. The lowest BCUT2D eigenvalue weighted by Crippen LogP contribution is -2.47. The molecule has 92 valence electrons. The Kier molecular flexibility index (Phi) is 2.97. The van der Waals surface area contributed by atoms with Crippen LogP contribution in [0.15, 0.2) is 18.2 Å². The number of piperidine rings is 1. The minimum Gasteiger partial charge on any atom is -0.365 e. The Balaban J connectivity index is 1.94. The number of nitrogens with zero attached hydrogens (tertiary/aromatic N) is 1. The summed E-state index contributed by atoms with van der Waals surface area (Å²) < 4.78 is 0. The average molecular weight is 271 g/mol.